The molecule has 18 heavy (non-hydrogen) atoms. The number of amides is 1. The fourth-order valence-electron chi connectivity index (χ4n) is 1.90. The van der Waals surface area contributed by atoms with Gasteiger partial charge in [0.2, 0.25) is 11.7 Å². The normalized spacial score (nSPS) is 16.0. The van der Waals surface area contributed by atoms with Crippen molar-refractivity contribution in [2.45, 2.75) is 0 Å². The van der Waals surface area contributed by atoms with E-state index in [2.05, 4.69) is 0 Å². The van der Waals surface area contributed by atoms with Gasteiger partial charge in [-0.3, -0.25) is 14.9 Å². The Morgan fingerprint density at radius 2 is 2.11 bits per heavy atom. The lowest BCUT2D eigenvalue weighted by Crippen LogP contribution is -2.48. The summed E-state index contributed by atoms with van der Waals surface area (Å²) in [6.45, 7) is 0.944. The number of hydrogen-bond acceptors (Lipinski definition) is 4. The zero-order valence-electron chi connectivity index (χ0n) is 9.80. The Morgan fingerprint density at radius 1 is 1.39 bits per heavy atom. The van der Waals surface area contributed by atoms with Gasteiger partial charge >= 0.3 is 5.69 Å². The molecule has 1 amide bonds. The molecule has 1 aromatic carbocycles. The number of halogens is 1. The highest BCUT2D eigenvalue weighted by Gasteiger charge is 2.28. The SMILES string of the molecule is CN1CCN(c2cccc(F)c2[N+](=O)[O-])CC1=O. The molecule has 0 aromatic heterocycles. The third-order valence-corrected chi connectivity index (χ3v) is 2.95. The van der Waals surface area contributed by atoms with Crippen LogP contribution in [0.25, 0.3) is 0 Å². The van der Waals surface area contributed by atoms with E-state index in [1.807, 2.05) is 0 Å². The van der Waals surface area contributed by atoms with Crippen molar-refractivity contribution in [2.24, 2.45) is 0 Å². The van der Waals surface area contributed by atoms with Crippen LogP contribution < -0.4 is 4.90 Å². The number of nitro benzene ring substituents is 1. The molecule has 0 N–H and O–H groups in total. The van der Waals surface area contributed by atoms with Gasteiger partial charge in [-0.2, -0.15) is 4.39 Å². The molecule has 0 bridgehead atoms. The van der Waals surface area contributed by atoms with Gasteiger partial charge in [0.05, 0.1) is 11.5 Å². The van der Waals surface area contributed by atoms with Gasteiger partial charge in [-0.05, 0) is 12.1 Å². The van der Waals surface area contributed by atoms with Gasteiger partial charge < -0.3 is 9.80 Å². The van der Waals surface area contributed by atoms with Crippen molar-refractivity contribution in [1.29, 1.82) is 0 Å². The summed E-state index contributed by atoms with van der Waals surface area (Å²) in [7, 11) is 1.67. The van der Waals surface area contributed by atoms with Crippen LogP contribution in [-0.2, 0) is 4.79 Å². The predicted octanol–water partition coefficient (Wildman–Crippen LogP) is 1.01. The Balaban J connectivity index is 2.37. The predicted molar refractivity (Wildman–Crippen MR) is 62.9 cm³/mol. The topological polar surface area (TPSA) is 66.7 Å². The van der Waals surface area contributed by atoms with Gasteiger partial charge in [0.25, 0.3) is 0 Å². The number of rotatable bonds is 2. The summed E-state index contributed by atoms with van der Waals surface area (Å²) in [6, 6.07) is 3.90. The summed E-state index contributed by atoms with van der Waals surface area (Å²) in [5, 5.41) is 10.9. The molecule has 1 aliphatic heterocycles. The van der Waals surface area contributed by atoms with E-state index in [4.69, 9.17) is 0 Å². The van der Waals surface area contributed by atoms with E-state index in [0.717, 1.165) is 6.07 Å². The molecule has 0 saturated carbocycles. The molecular weight excluding hydrogens is 241 g/mol. The van der Waals surface area contributed by atoms with Crippen molar-refractivity contribution in [2.75, 3.05) is 31.6 Å². The van der Waals surface area contributed by atoms with Crippen LogP contribution in [-0.4, -0.2) is 42.4 Å². The van der Waals surface area contributed by atoms with E-state index in [1.165, 1.54) is 17.0 Å². The largest absolute Gasteiger partial charge is 0.355 e. The molecule has 0 spiro atoms. The quantitative estimate of drug-likeness (QED) is 0.582. The molecule has 1 aliphatic rings. The van der Waals surface area contributed by atoms with E-state index < -0.39 is 16.4 Å². The Kier molecular flexibility index (Phi) is 3.14. The summed E-state index contributed by atoms with van der Waals surface area (Å²) in [5.41, 5.74) is -0.420. The third-order valence-electron chi connectivity index (χ3n) is 2.95. The van der Waals surface area contributed by atoms with E-state index in [-0.39, 0.29) is 18.1 Å². The highest BCUT2D eigenvalue weighted by molar-refractivity contribution is 5.83. The maximum Gasteiger partial charge on any atom is 0.327 e. The number of para-hydroxylation sites is 1. The second-order valence-corrected chi connectivity index (χ2v) is 4.10. The summed E-state index contributed by atoms with van der Waals surface area (Å²) < 4.78 is 13.5. The van der Waals surface area contributed by atoms with Gasteiger partial charge in [0, 0.05) is 20.1 Å². The van der Waals surface area contributed by atoms with Gasteiger partial charge in [0.1, 0.15) is 5.69 Å². The lowest BCUT2D eigenvalue weighted by atomic mass is 10.2. The molecule has 1 heterocycles. The molecule has 0 atom stereocenters. The zero-order valence-corrected chi connectivity index (χ0v) is 9.80. The van der Waals surface area contributed by atoms with Gasteiger partial charge in [0.15, 0.2) is 0 Å². The Hall–Kier alpha value is -2.18. The first kappa shape index (κ1) is 12.3. The molecule has 2 rings (SSSR count). The van der Waals surface area contributed by atoms with Crippen LogP contribution in [0.3, 0.4) is 0 Å². The van der Waals surface area contributed by atoms with Crippen LogP contribution in [0.5, 0.6) is 0 Å². The minimum atomic E-state index is -0.885. The molecule has 1 saturated heterocycles. The maximum absolute atomic E-state index is 13.5. The van der Waals surface area contributed by atoms with E-state index in [0.29, 0.717) is 13.1 Å². The molecule has 1 aromatic rings. The zero-order chi connectivity index (χ0) is 13.3. The first-order valence-electron chi connectivity index (χ1n) is 5.42. The van der Waals surface area contributed by atoms with Gasteiger partial charge in [-0.15, -0.1) is 0 Å². The van der Waals surface area contributed by atoms with Crippen LogP contribution >= 0.6 is 0 Å². The van der Waals surface area contributed by atoms with Crippen molar-refractivity contribution in [1.82, 2.24) is 4.90 Å². The van der Waals surface area contributed by atoms with Crippen molar-refractivity contribution >= 4 is 17.3 Å². The number of carbonyl (C=O) groups excluding carboxylic acids is 1. The van der Waals surface area contributed by atoms with Crippen LogP contribution in [0.4, 0.5) is 15.8 Å². The molecule has 0 radical (unpaired) electrons. The lowest BCUT2D eigenvalue weighted by Gasteiger charge is -2.33. The molecule has 0 aliphatic carbocycles. The van der Waals surface area contributed by atoms with Crippen LogP contribution in [0.2, 0.25) is 0 Å². The fourth-order valence-corrected chi connectivity index (χ4v) is 1.90. The Labute approximate surface area is 103 Å². The fraction of sp³-hybridized carbons (Fsp3) is 0.364. The first-order valence-corrected chi connectivity index (χ1v) is 5.42. The summed E-state index contributed by atoms with van der Waals surface area (Å²) in [5.74, 6) is -1.02. The lowest BCUT2D eigenvalue weighted by molar-refractivity contribution is -0.386. The van der Waals surface area contributed by atoms with Gasteiger partial charge in [-0.25, -0.2) is 0 Å². The summed E-state index contributed by atoms with van der Waals surface area (Å²) in [4.78, 5) is 24.8. The molecular formula is C11H12FN3O3. The highest BCUT2D eigenvalue weighted by Crippen LogP contribution is 2.31. The molecule has 0 unspecified atom stereocenters. The summed E-state index contributed by atoms with van der Waals surface area (Å²) in [6.07, 6.45) is 0. The maximum atomic E-state index is 13.5. The minimum absolute atomic E-state index is 0.0286. The van der Waals surface area contributed by atoms with Crippen LogP contribution in [0.15, 0.2) is 18.2 Å². The number of likely N-dealkylation sites (N-methyl/N-ethyl adjacent to an activating group) is 1. The van der Waals surface area contributed by atoms with Crippen molar-refractivity contribution in [3.63, 3.8) is 0 Å². The number of anilines is 1. The average Bonchev–Trinajstić information content (AvgIpc) is 2.32. The van der Waals surface area contributed by atoms with E-state index in [1.54, 1.807) is 11.9 Å². The minimum Gasteiger partial charge on any atom is -0.355 e. The number of nitrogens with zero attached hydrogens (tertiary/aromatic N) is 3. The Morgan fingerprint density at radius 3 is 2.72 bits per heavy atom. The van der Waals surface area contributed by atoms with Crippen LogP contribution in [0.1, 0.15) is 0 Å². The number of carbonyl (C=O) groups is 1. The number of piperazine rings is 1. The first-order chi connectivity index (χ1) is 8.50. The Bertz CT molecular complexity index is 506. The van der Waals surface area contributed by atoms with Crippen molar-refractivity contribution in [3.8, 4) is 0 Å². The van der Waals surface area contributed by atoms with E-state index >= 15 is 0 Å². The standard InChI is InChI=1S/C11H12FN3O3/c1-13-5-6-14(7-10(13)16)9-4-2-3-8(12)11(9)15(17)18/h2-4H,5-7H2,1H3. The number of nitro groups is 1. The highest BCUT2D eigenvalue weighted by atomic mass is 19.1. The average molecular weight is 253 g/mol. The second kappa shape index (κ2) is 4.59. The monoisotopic (exact) mass is 253 g/mol. The van der Waals surface area contributed by atoms with Crippen LogP contribution in [0, 0.1) is 15.9 Å². The van der Waals surface area contributed by atoms with Gasteiger partial charge in [-0.1, -0.05) is 6.07 Å². The molecule has 1 fully saturated rings. The van der Waals surface area contributed by atoms with E-state index in [9.17, 15) is 19.3 Å². The molecule has 7 heteroatoms. The summed E-state index contributed by atoms with van der Waals surface area (Å²) >= 11 is 0. The van der Waals surface area contributed by atoms with Crippen molar-refractivity contribution in [3.05, 3.63) is 34.1 Å². The van der Waals surface area contributed by atoms with Crippen molar-refractivity contribution < 1.29 is 14.1 Å². The third kappa shape index (κ3) is 2.11. The number of benzene rings is 1. The second-order valence-electron chi connectivity index (χ2n) is 4.10. The smallest absolute Gasteiger partial charge is 0.327 e. The molecule has 96 valence electrons. The number of hydrogen-bond donors (Lipinski definition) is 0. The molecule has 6 nitrogen and oxygen atoms in total.